The van der Waals surface area contributed by atoms with Crippen LogP contribution in [0.15, 0.2) is 30.3 Å². The molecule has 153 valence electrons. The number of nitrogens with one attached hydrogen (secondary N) is 2. The van der Waals surface area contributed by atoms with Gasteiger partial charge in [0, 0.05) is 19.8 Å². The Morgan fingerprint density at radius 3 is 1.52 bits per heavy atom. The van der Waals surface area contributed by atoms with Gasteiger partial charge in [0.05, 0.1) is 5.68 Å². The summed E-state index contributed by atoms with van der Waals surface area (Å²) in [6.07, 6.45) is -11.4. The van der Waals surface area contributed by atoms with Crippen molar-refractivity contribution in [2.75, 3.05) is 19.4 Å². The minimum atomic E-state index is -5.69. The molecular weight excluding hydrogens is 381 g/mol. The first-order chi connectivity index (χ1) is 12.1. The Bertz CT molecular complexity index is 561. The molecule has 0 fully saturated rings. The zero-order chi connectivity index (χ0) is 21.9. The normalized spacial score (nSPS) is 11.1. The Kier molecular flexibility index (Phi) is 11.5. The monoisotopic (exact) mass is 401 g/mol. The van der Waals surface area contributed by atoms with Crippen LogP contribution in [-0.4, -0.2) is 55.9 Å². The van der Waals surface area contributed by atoms with Crippen molar-refractivity contribution in [3.05, 3.63) is 30.3 Å². The number of alkyl halides is 6. The Morgan fingerprint density at radius 1 is 0.963 bits per heavy atom. The summed E-state index contributed by atoms with van der Waals surface area (Å²) in [5.41, 5.74) is -3.70. The third kappa shape index (κ3) is 11.2. The number of amides is 1. The molecule has 0 aliphatic rings. The number of carbonyl (C=O) groups excluding carboxylic acids is 2. The van der Waals surface area contributed by atoms with Gasteiger partial charge in [-0.1, -0.05) is 18.2 Å². The summed E-state index contributed by atoms with van der Waals surface area (Å²) in [4.78, 5) is 20.3. The van der Waals surface area contributed by atoms with Crippen molar-refractivity contribution in [2.24, 2.45) is 0 Å². The van der Waals surface area contributed by atoms with Crippen molar-refractivity contribution in [2.45, 2.75) is 31.8 Å². The lowest BCUT2D eigenvalue weighted by Crippen LogP contribution is -2.54. The highest BCUT2D eigenvalue weighted by atomic mass is 19.4. The molecule has 0 aliphatic carbocycles. The molecule has 0 spiro atoms. The van der Waals surface area contributed by atoms with Crippen LogP contribution in [-0.2, 0) is 4.79 Å². The average Bonchev–Trinajstić information content (AvgIpc) is 2.54. The van der Waals surface area contributed by atoms with Crippen LogP contribution in [0, 0.1) is 0 Å². The van der Waals surface area contributed by atoms with Crippen LogP contribution in [0.1, 0.15) is 13.8 Å². The Morgan fingerprint density at radius 2 is 1.37 bits per heavy atom. The Balaban J connectivity index is 0. The van der Waals surface area contributed by atoms with Gasteiger partial charge >= 0.3 is 19.6 Å². The standard InChI is InChI=1S/C7H9N.C4H7BNO2.C4H4F6O/c1-8-7-5-3-2-4-6-7;1-3(7)5-4(8)6-2;1-2(11,3(5,6)7)4(8,9)10/h2-6,8H,1H3;1-2H3,(H,6,8);11H,1H3. The van der Waals surface area contributed by atoms with E-state index in [2.05, 4.69) is 10.6 Å². The van der Waals surface area contributed by atoms with Crippen LogP contribution in [0.3, 0.4) is 0 Å². The number of aliphatic hydroxyl groups is 1. The summed E-state index contributed by atoms with van der Waals surface area (Å²) in [5.74, 6) is -0.350. The van der Waals surface area contributed by atoms with Crippen molar-refractivity contribution < 1.29 is 41.0 Å². The van der Waals surface area contributed by atoms with E-state index in [0.29, 0.717) is 0 Å². The highest BCUT2D eigenvalue weighted by Gasteiger charge is 2.67. The van der Waals surface area contributed by atoms with Gasteiger partial charge in [-0.15, -0.1) is 0 Å². The molecule has 1 aromatic rings. The molecule has 0 saturated heterocycles. The number of benzene rings is 1. The largest absolute Gasteiger partial charge is 0.425 e. The van der Waals surface area contributed by atoms with Crippen LogP contribution in [0.25, 0.3) is 0 Å². The smallest absolute Gasteiger partial charge is 0.388 e. The number of carbonyl (C=O) groups is 2. The maximum atomic E-state index is 11.4. The average molecular weight is 401 g/mol. The highest BCUT2D eigenvalue weighted by Crippen LogP contribution is 2.42. The molecule has 27 heavy (non-hydrogen) atoms. The molecule has 0 aromatic heterocycles. The minimum Gasteiger partial charge on any atom is -0.388 e. The van der Waals surface area contributed by atoms with E-state index < -0.39 is 18.0 Å². The van der Waals surface area contributed by atoms with Gasteiger partial charge in [-0.05, 0) is 26.0 Å². The first kappa shape index (κ1) is 27.0. The van der Waals surface area contributed by atoms with Gasteiger partial charge in [0.25, 0.3) is 5.60 Å². The molecule has 0 atom stereocenters. The second-order valence-corrected chi connectivity index (χ2v) is 5.05. The quantitative estimate of drug-likeness (QED) is 0.537. The van der Waals surface area contributed by atoms with E-state index in [0.717, 1.165) is 13.0 Å². The third-order valence-electron chi connectivity index (χ3n) is 2.75. The summed E-state index contributed by atoms with van der Waals surface area (Å²) in [5, 5.41) is 13.2. The SMILES string of the molecule is CC(O)(C(F)(F)F)C(F)(F)F.CNC(=O)[B]C(C)=O.CNc1ccccc1. The maximum absolute atomic E-state index is 11.4. The second-order valence-electron chi connectivity index (χ2n) is 5.05. The Labute approximate surface area is 153 Å². The zero-order valence-electron chi connectivity index (χ0n) is 15.0. The fraction of sp³-hybridized carbons (Fsp3) is 0.467. The fourth-order valence-electron chi connectivity index (χ4n) is 1.02. The molecule has 0 saturated carbocycles. The third-order valence-corrected chi connectivity index (χ3v) is 2.75. The zero-order valence-corrected chi connectivity index (χ0v) is 15.0. The molecule has 1 rings (SSSR count). The molecular formula is C15H20BF6N2O3. The first-order valence-electron chi connectivity index (χ1n) is 7.25. The first-order valence-corrected chi connectivity index (χ1v) is 7.25. The lowest BCUT2D eigenvalue weighted by Gasteiger charge is -2.28. The predicted octanol–water partition coefficient (Wildman–Crippen LogP) is 3.17. The predicted molar refractivity (Wildman–Crippen MR) is 89.6 cm³/mol. The minimum absolute atomic E-state index is 0.232. The molecule has 0 aliphatic heterocycles. The summed E-state index contributed by atoms with van der Waals surface area (Å²) < 4.78 is 68.2. The van der Waals surface area contributed by atoms with E-state index in [9.17, 15) is 35.9 Å². The number of rotatable bonds is 3. The van der Waals surface area contributed by atoms with Gasteiger partial charge in [0.2, 0.25) is 0 Å². The second kappa shape index (κ2) is 11.5. The van der Waals surface area contributed by atoms with Gasteiger partial charge in [-0.3, -0.25) is 4.79 Å². The van der Waals surface area contributed by atoms with Crippen LogP contribution < -0.4 is 10.6 Å². The van der Waals surface area contributed by atoms with Crippen molar-refractivity contribution in [1.82, 2.24) is 5.32 Å². The van der Waals surface area contributed by atoms with E-state index in [4.69, 9.17) is 5.11 Å². The van der Waals surface area contributed by atoms with E-state index in [1.54, 1.807) is 0 Å². The van der Waals surface area contributed by atoms with Crippen LogP contribution in [0.2, 0.25) is 0 Å². The molecule has 12 heteroatoms. The molecule has 1 amide bonds. The number of hydrogen-bond donors (Lipinski definition) is 3. The van der Waals surface area contributed by atoms with E-state index in [1.165, 1.54) is 14.0 Å². The van der Waals surface area contributed by atoms with Crippen molar-refractivity contribution in [3.8, 4) is 0 Å². The lowest BCUT2D eigenvalue weighted by atomic mass is 9.73. The van der Waals surface area contributed by atoms with Crippen molar-refractivity contribution in [3.63, 3.8) is 0 Å². The van der Waals surface area contributed by atoms with Crippen LogP contribution >= 0.6 is 0 Å². The summed E-state index contributed by atoms with van der Waals surface area (Å²) in [6, 6.07) is 10.1. The topological polar surface area (TPSA) is 78.4 Å². The summed E-state index contributed by atoms with van der Waals surface area (Å²) in [6.45, 7) is 0.988. The molecule has 5 nitrogen and oxygen atoms in total. The highest BCUT2D eigenvalue weighted by molar-refractivity contribution is 6.96. The van der Waals surface area contributed by atoms with Crippen LogP contribution in [0.5, 0.6) is 0 Å². The molecule has 0 heterocycles. The van der Waals surface area contributed by atoms with Gasteiger partial charge in [0.1, 0.15) is 0 Å². The van der Waals surface area contributed by atoms with Gasteiger partial charge in [0.15, 0.2) is 5.81 Å². The molecule has 1 radical (unpaired) electrons. The van der Waals surface area contributed by atoms with Gasteiger partial charge in [-0.25, -0.2) is 0 Å². The molecule has 3 N–H and O–H groups in total. The lowest BCUT2D eigenvalue weighted by molar-refractivity contribution is -0.360. The van der Waals surface area contributed by atoms with Crippen molar-refractivity contribution in [1.29, 1.82) is 0 Å². The van der Waals surface area contributed by atoms with Crippen molar-refractivity contribution >= 4 is 24.5 Å². The Hall–Kier alpha value is -2.24. The summed E-state index contributed by atoms with van der Waals surface area (Å²) >= 11 is 0. The number of para-hydroxylation sites is 1. The van der Waals surface area contributed by atoms with E-state index in [1.807, 2.05) is 37.4 Å². The van der Waals surface area contributed by atoms with Gasteiger partial charge in [-0.2, -0.15) is 26.3 Å². The fourth-order valence-corrected chi connectivity index (χ4v) is 1.02. The molecule has 0 unspecified atom stereocenters. The van der Waals surface area contributed by atoms with Crippen LogP contribution in [0.4, 0.5) is 36.8 Å². The number of halogens is 6. The summed E-state index contributed by atoms with van der Waals surface area (Å²) in [7, 11) is 4.39. The molecule has 1 aromatic carbocycles. The van der Waals surface area contributed by atoms with E-state index >= 15 is 0 Å². The molecule has 0 bridgehead atoms. The number of hydrogen-bond acceptors (Lipinski definition) is 4. The van der Waals surface area contributed by atoms with E-state index in [-0.39, 0.29) is 18.4 Å². The number of anilines is 1. The van der Waals surface area contributed by atoms with Gasteiger partial charge < -0.3 is 20.5 Å². The maximum Gasteiger partial charge on any atom is 0.425 e.